The van der Waals surface area contributed by atoms with Gasteiger partial charge in [-0.2, -0.15) is 5.10 Å². The number of esters is 1. The summed E-state index contributed by atoms with van der Waals surface area (Å²) in [5, 5.41) is 5.51. The predicted octanol–water partition coefficient (Wildman–Crippen LogP) is 2.57. The summed E-state index contributed by atoms with van der Waals surface area (Å²) < 4.78 is 6.47. The smallest absolute Gasteiger partial charge is 0.328 e. The highest BCUT2D eigenvalue weighted by Gasteiger charge is 2.35. The maximum absolute atomic E-state index is 12.9. The number of carbonyl (C=O) groups excluding carboxylic acids is 2. The quantitative estimate of drug-likeness (QED) is 0.652. The van der Waals surface area contributed by atoms with E-state index in [9.17, 15) is 9.59 Å². The molecule has 3 aromatic rings. The summed E-state index contributed by atoms with van der Waals surface area (Å²) in [4.78, 5) is 30.9. The Hall–Kier alpha value is -3.22. The molecule has 7 nitrogen and oxygen atoms in total. The van der Waals surface area contributed by atoms with Gasteiger partial charge in [0.2, 0.25) is 5.91 Å². The minimum Gasteiger partial charge on any atom is -0.467 e. The van der Waals surface area contributed by atoms with Crippen LogP contribution in [0.5, 0.6) is 0 Å². The van der Waals surface area contributed by atoms with E-state index in [1.807, 2.05) is 43.3 Å². The second kappa shape index (κ2) is 7.42. The normalized spacial score (nSPS) is 16.5. The van der Waals surface area contributed by atoms with Crippen molar-refractivity contribution in [2.45, 2.75) is 32.4 Å². The number of fused-ring (bicyclic) bond motifs is 1. The van der Waals surface area contributed by atoms with Gasteiger partial charge >= 0.3 is 5.97 Å². The van der Waals surface area contributed by atoms with Crippen molar-refractivity contribution in [2.75, 3.05) is 13.7 Å². The van der Waals surface area contributed by atoms with Gasteiger partial charge in [0.25, 0.3) is 0 Å². The molecule has 2 aromatic heterocycles. The number of likely N-dealkylation sites (tertiary alicyclic amines) is 1. The molecule has 0 bridgehead atoms. The van der Waals surface area contributed by atoms with Crippen LogP contribution in [0.3, 0.4) is 0 Å². The molecule has 1 aliphatic rings. The van der Waals surface area contributed by atoms with Crippen LogP contribution in [-0.2, 0) is 20.9 Å². The molecule has 1 fully saturated rings. The number of rotatable bonds is 4. The summed E-state index contributed by atoms with van der Waals surface area (Å²) in [6, 6.07) is 11.5. The average molecular weight is 378 g/mol. The standard InChI is InChI=1S/C21H22N4O3/c1-14-19-16(15-7-4-3-5-8-15)10-11-22-20(19)25(23-14)13-18(26)24-12-6-9-17(24)21(27)28-2/h3-5,7-8,10-11,17H,6,9,12-13H2,1-2H3. The van der Waals surface area contributed by atoms with Crippen molar-refractivity contribution in [2.24, 2.45) is 0 Å². The van der Waals surface area contributed by atoms with E-state index in [0.29, 0.717) is 18.6 Å². The number of nitrogens with zero attached hydrogens (tertiary/aromatic N) is 4. The zero-order valence-corrected chi connectivity index (χ0v) is 16.0. The molecule has 1 atom stereocenters. The van der Waals surface area contributed by atoms with Gasteiger partial charge in [0, 0.05) is 18.1 Å². The topological polar surface area (TPSA) is 77.3 Å². The minimum atomic E-state index is -0.506. The van der Waals surface area contributed by atoms with Crippen molar-refractivity contribution in [3.63, 3.8) is 0 Å². The van der Waals surface area contributed by atoms with Gasteiger partial charge in [-0.1, -0.05) is 30.3 Å². The number of carbonyl (C=O) groups is 2. The number of hydrogen-bond acceptors (Lipinski definition) is 5. The van der Waals surface area contributed by atoms with Gasteiger partial charge in [-0.15, -0.1) is 0 Å². The fourth-order valence-corrected chi connectivity index (χ4v) is 3.92. The molecule has 1 amide bonds. The molecule has 4 rings (SSSR count). The summed E-state index contributed by atoms with van der Waals surface area (Å²) in [6.45, 7) is 2.52. The van der Waals surface area contributed by atoms with Gasteiger partial charge in [-0.3, -0.25) is 4.79 Å². The van der Waals surface area contributed by atoms with E-state index in [-0.39, 0.29) is 18.4 Å². The minimum absolute atomic E-state index is 0.0447. The second-order valence-electron chi connectivity index (χ2n) is 6.93. The Kier molecular flexibility index (Phi) is 4.81. The van der Waals surface area contributed by atoms with E-state index in [4.69, 9.17) is 4.74 Å². The highest BCUT2D eigenvalue weighted by Crippen LogP contribution is 2.29. The third-order valence-corrected chi connectivity index (χ3v) is 5.22. The lowest BCUT2D eigenvalue weighted by Crippen LogP contribution is -2.42. The van der Waals surface area contributed by atoms with Crippen LogP contribution >= 0.6 is 0 Å². The van der Waals surface area contributed by atoms with Crippen molar-refractivity contribution in [1.82, 2.24) is 19.7 Å². The zero-order valence-electron chi connectivity index (χ0n) is 16.0. The summed E-state index contributed by atoms with van der Waals surface area (Å²) >= 11 is 0. The van der Waals surface area contributed by atoms with Gasteiger partial charge < -0.3 is 9.64 Å². The Bertz CT molecular complexity index is 1030. The fraction of sp³-hybridized carbons (Fsp3) is 0.333. The number of aryl methyl sites for hydroxylation is 1. The Morgan fingerprint density at radius 3 is 2.75 bits per heavy atom. The number of ether oxygens (including phenoxy) is 1. The molecule has 7 heteroatoms. The van der Waals surface area contributed by atoms with Gasteiger partial charge in [0.15, 0.2) is 5.65 Å². The van der Waals surface area contributed by atoms with Gasteiger partial charge in [-0.25, -0.2) is 14.5 Å². The number of pyridine rings is 1. The summed E-state index contributed by atoms with van der Waals surface area (Å²) in [5.41, 5.74) is 3.60. The van der Waals surface area contributed by atoms with Crippen LogP contribution in [0.15, 0.2) is 42.6 Å². The maximum Gasteiger partial charge on any atom is 0.328 e. The van der Waals surface area contributed by atoms with Crippen LogP contribution in [0.1, 0.15) is 18.5 Å². The Labute approximate surface area is 162 Å². The highest BCUT2D eigenvalue weighted by atomic mass is 16.5. The van der Waals surface area contributed by atoms with Crippen molar-refractivity contribution in [3.05, 3.63) is 48.3 Å². The maximum atomic E-state index is 12.9. The second-order valence-corrected chi connectivity index (χ2v) is 6.93. The van der Waals surface area contributed by atoms with Crippen LogP contribution in [0, 0.1) is 6.92 Å². The SMILES string of the molecule is COC(=O)C1CCCN1C(=O)Cn1nc(C)c2c(-c3ccccc3)ccnc21. The highest BCUT2D eigenvalue weighted by molar-refractivity contribution is 5.95. The van der Waals surface area contributed by atoms with E-state index in [2.05, 4.69) is 10.1 Å². The Morgan fingerprint density at radius 2 is 2.00 bits per heavy atom. The molecule has 28 heavy (non-hydrogen) atoms. The van der Waals surface area contributed by atoms with Gasteiger partial charge in [0.05, 0.1) is 12.8 Å². The fourth-order valence-electron chi connectivity index (χ4n) is 3.92. The average Bonchev–Trinajstić information content (AvgIpc) is 3.33. The van der Waals surface area contributed by atoms with Gasteiger partial charge in [-0.05, 0) is 37.0 Å². The molecule has 0 saturated carbocycles. The number of aromatic nitrogens is 3. The van der Waals surface area contributed by atoms with Crippen molar-refractivity contribution >= 4 is 22.9 Å². The van der Waals surface area contributed by atoms with Crippen LogP contribution in [0.2, 0.25) is 0 Å². The zero-order chi connectivity index (χ0) is 19.7. The number of hydrogen-bond donors (Lipinski definition) is 0. The van der Waals surface area contributed by atoms with Gasteiger partial charge in [0.1, 0.15) is 12.6 Å². The summed E-state index contributed by atoms with van der Waals surface area (Å²) in [5.74, 6) is -0.513. The lowest BCUT2D eigenvalue weighted by Gasteiger charge is -2.22. The molecule has 1 aromatic carbocycles. The molecule has 3 heterocycles. The van der Waals surface area contributed by atoms with Crippen LogP contribution in [0.4, 0.5) is 0 Å². The lowest BCUT2D eigenvalue weighted by atomic mass is 10.0. The van der Waals surface area contributed by atoms with E-state index >= 15 is 0 Å². The monoisotopic (exact) mass is 378 g/mol. The number of amides is 1. The molecule has 144 valence electrons. The molecule has 0 spiro atoms. The third kappa shape index (κ3) is 3.13. The number of benzene rings is 1. The predicted molar refractivity (Wildman–Crippen MR) is 104 cm³/mol. The van der Waals surface area contributed by atoms with Crippen LogP contribution < -0.4 is 0 Å². The van der Waals surface area contributed by atoms with E-state index < -0.39 is 6.04 Å². The van der Waals surface area contributed by atoms with Crippen molar-refractivity contribution in [1.29, 1.82) is 0 Å². The Morgan fingerprint density at radius 1 is 1.21 bits per heavy atom. The number of methoxy groups -OCH3 is 1. The first-order valence-electron chi connectivity index (χ1n) is 9.35. The molecule has 1 saturated heterocycles. The van der Waals surface area contributed by atoms with Crippen LogP contribution in [0.25, 0.3) is 22.2 Å². The van der Waals surface area contributed by atoms with Crippen LogP contribution in [-0.4, -0.2) is 51.2 Å². The van der Waals surface area contributed by atoms with Crippen molar-refractivity contribution < 1.29 is 14.3 Å². The first-order valence-corrected chi connectivity index (χ1v) is 9.35. The molecule has 0 radical (unpaired) electrons. The molecule has 0 aliphatic carbocycles. The van der Waals surface area contributed by atoms with Crippen molar-refractivity contribution in [3.8, 4) is 11.1 Å². The molecule has 1 aliphatic heterocycles. The van der Waals surface area contributed by atoms with E-state index in [1.54, 1.807) is 15.8 Å². The summed E-state index contributed by atoms with van der Waals surface area (Å²) in [6.07, 6.45) is 3.16. The first kappa shape index (κ1) is 18.2. The molecule has 0 N–H and O–H groups in total. The Balaban J connectivity index is 1.67. The molecule has 1 unspecified atom stereocenters. The van der Waals surface area contributed by atoms with E-state index in [1.165, 1.54) is 7.11 Å². The molecular weight excluding hydrogens is 356 g/mol. The lowest BCUT2D eigenvalue weighted by molar-refractivity contribution is -0.151. The largest absolute Gasteiger partial charge is 0.467 e. The third-order valence-electron chi connectivity index (χ3n) is 5.22. The molecular formula is C21H22N4O3. The summed E-state index contributed by atoms with van der Waals surface area (Å²) in [7, 11) is 1.35. The van der Waals surface area contributed by atoms with E-state index in [0.717, 1.165) is 28.6 Å². The first-order chi connectivity index (χ1) is 13.6.